The number of alkyl halides is 1. The van der Waals surface area contributed by atoms with Crippen LogP contribution in [-0.4, -0.2) is 48.5 Å². The van der Waals surface area contributed by atoms with Crippen LogP contribution in [0.2, 0.25) is 10.0 Å². The highest BCUT2D eigenvalue weighted by molar-refractivity contribution is 6.39. The molecule has 2 heterocycles. The molecule has 28 heavy (non-hydrogen) atoms. The van der Waals surface area contributed by atoms with E-state index in [2.05, 4.69) is 35.8 Å². The summed E-state index contributed by atoms with van der Waals surface area (Å²) in [4.78, 5) is 4.32. The Morgan fingerprint density at radius 2 is 1.68 bits per heavy atom. The molecule has 3 nitrogen and oxygen atoms in total. The van der Waals surface area contributed by atoms with Crippen LogP contribution in [0.5, 0.6) is 0 Å². The van der Waals surface area contributed by atoms with Gasteiger partial charge in [0.15, 0.2) is 0 Å². The van der Waals surface area contributed by atoms with Crippen molar-refractivity contribution in [1.82, 2.24) is 4.90 Å². The summed E-state index contributed by atoms with van der Waals surface area (Å²) in [6.07, 6.45) is 0. The molecule has 0 saturated carbocycles. The summed E-state index contributed by atoms with van der Waals surface area (Å²) in [6, 6.07) is 10.1. The molecule has 0 amide bonds. The van der Waals surface area contributed by atoms with Crippen LogP contribution in [0.1, 0.15) is 28.2 Å². The molecule has 0 aromatic heterocycles. The van der Waals surface area contributed by atoms with Crippen molar-refractivity contribution in [3.8, 4) is 0 Å². The molecule has 6 heteroatoms. The molecule has 2 aromatic rings. The predicted octanol–water partition coefficient (Wildman–Crippen LogP) is 4.73. The summed E-state index contributed by atoms with van der Waals surface area (Å²) < 4.78 is 12.8. The van der Waals surface area contributed by atoms with E-state index < -0.39 is 12.3 Å². The third-order valence-electron chi connectivity index (χ3n) is 5.99. The lowest BCUT2D eigenvalue weighted by Gasteiger charge is -2.45. The van der Waals surface area contributed by atoms with Gasteiger partial charge in [-0.3, -0.25) is 4.90 Å². The fraction of sp³-hybridized carbons (Fsp3) is 0.455. The molecule has 150 valence electrons. The first-order chi connectivity index (χ1) is 13.3. The van der Waals surface area contributed by atoms with Crippen LogP contribution < -0.4 is 4.90 Å². The minimum absolute atomic E-state index is 0.403. The molecule has 0 spiro atoms. The van der Waals surface area contributed by atoms with Gasteiger partial charge >= 0.3 is 0 Å². The third-order valence-corrected chi connectivity index (χ3v) is 6.60. The Labute approximate surface area is 175 Å². The average molecular weight is 423 g/mol. The van der Waals surface area contributed by atoms with Gasteiger partial charge in [0.1, 0.15) is 12.3 Å². The van der Waals surface area contributed by atoms with E-state index in [0.29, 0.717) is 29.1 Å². The van der Waals surface area contributed by atoms with E-state index in [1.165, 1.54) is 22.3 Å². The lowest BCUT2D eigenvalue weighted by atomic mass is 9.86. The molecule has 0 radical (unpaired) electrons. The van der Waals surface area contributed by atoms with Gasteiger partial charge in [0.2, 0.25) is 0 Å². The van der Waals surface area contributed by atoms with Crippen LogP contribution >= 0.6 is 23.2 Å². The van der Waals surface area contributed by atoms with Crippen LogP contribution in [0.3, 0.4) is 0 Å². The second-order valence-electron chi connectivity index (χ2n) is 8.31. The summed E-state index contributed by atoms with van der Waals surface area (Å²) in [5.74, 6) is 0.458. The number of likely N-dealkylation sites (tertiary alicyclic amines) is 1. The number of aryl methyl sites for hydroxylation is 2. The molecule has 0 bridgehead atoms. The number of hydrogen-bond donors (Lipinski definition) is 1. The third kappa shape index (κ3) is 3.63. The molecular weight excluding hydrogens is 398 g/mol. The molecule has 2 fully saturated rings. The minimum atomic E-state index is -1.14. The molecule has 0 aliphatic carbocycles. The van der Waals surface area contributed by atoms with E-state index in [4.69, 9.17) is 23.2 Å². The predicted molar refractivity (Wildman–Crippen MR) is 114 cm³/mol. The van der Waals surface area contributed by atoms with Crippen molar-refractivity contribution >= 4 is 28.9 Å². The summed E-state index contributed by atoms with van der Waals surface area (Å²) in [6.45, 7) is 6.96. The number of nitrogens with zero attached hydrogens (tertiary/aromatic N) is 2. The Morgan fingerprint density at radius 3 is 2.21 bits per heavy atom. The van der Waals surface area contributed by atoms with E-state index in [0.717, 1.165) is 25.3 Å². The molecule has 0 unspecified atom stereocenters. The molecule has 2 saturated heterocycles. The molecule has 2 aromatic carbocycles. The van der Waals surface area contributed by atoms with Crippen molar-refractivity contribution in [2.45, 2.75) is 31.9 Å². The van der Waals surface area contributed by atoms with Crippen molar-refractivity contribution in [3.05, 3.63) is 62.6 Å². The first-order valence-corrected chi connectivity index (χ1v) is 10.3. The zero-order valence-electron chi connectivity index (χ0n) is 16.2. The quantitative estimate of drug-likeness (QED) is 0.754. The highest BCUT2D eigenvalue weighted by Gasteiger charge is 2.41. The highest BCUT2D eigenvalue weighted by atomic mass is 35.5. The normalized spacial score (nSPS) is 19.4. The summed E-state index contributed by atoms with van der Waals surface area (Å²) in [5.41, 5.74) is 4.89. The monoisotopic (exact) mass is 422 g/mol. The molecule has 0 atom stereocenters. The van der Waals surface area contributed by atoms with Gasteiger partial charge in [-0.2, -0.15) is 0 Å². The lowest BCUT2D eigenvalue weighted by Crippen LogP contribution is -2.62. The standard InChI is InChI=1S/C22H25Cl2FN2O/c1-14-6-16(7-15(2)18(14)10-26-12-22(28,11-25)13-26)17-8-27(9-17)21-19(23)4-3-5-20(21)24/h3-7,17,28H,8-13H2,1-2H3. The summed E-state index contributed by atoms with van der Waals surface area (Å²) in [7, 11) is 0. The number of rotatable bonds is 5. The molecule has 4 rings (SSSR count). The van der Waals surface area contributed by atoms with E-state index in [-0.39, 0.29) is 0 Å². The van der Waals surface area contributed by atoms with E-state index in [1.807, 2.05) is 18.2 Å². The number of anilines is 1. The number of para-hydroxylation sites is 1. The summed E-state index contributed by atoms with van der Waals surface area (Å²) >= 11 is 12.7. The van der Waals surface area contributed by atoms with E-state index >= 15 is 0 Å². The fourth-order valence-electron chi connectivity index (χ4n) is 4.38. The lowest BCUT2D eigenvalue weighted by molar-refractivity contribution is -0.113. The Balaban J connectivity index is 1.43. The average Bonchev–Trinajstić information content (AvgIpc) is 2.57. The van der Waals surface area contributed by atoms with Crippen molar-refractivity contribution in [3.63, 3.8) is 0 Å². The topological polar surface area (TPSA) is 26.7 Å². The van der Waals surface area contributed by atoms with Crippen molar-refractivity contribution in [2.75, 3.05) is 37.8 Å². The van der Waals surface area contributed by atoms with Crippen LogP contribution in [-0.2, 0) is 6.54 Å². The maximum absolute atomic E-state index is 12.8. The zero-order chi connectivity index (χ0) is 20.1. The van der Waals surface area contributed by atoms with Gasteiger partial charge in [-0.15, -0.1) is 0 Å². The smallest absolute Gasteiger partial charge is 0.121 e. The minimum Gasteiger partial charge on any atom is -0.384 e. The van der Waals surface area contributed by atoms with Crippen LogP contribution in [0, 0.1) is 13.8 Å². The van der Waals surface area contributed by atoms with E-state index in [1.54, 1.807) is 0 Å². The number of benzene rings is 2. The Kier molecular flexibility index (Phi) is 5.34. The van der Waals surface area contributed by atoms with Gasteiger partial charge < -0.3 is 10.0 Å². The molecular formula is C22H25Cl2FN2O. The van der Waals surface area contributed by atoms with Gasteiger partial charge in [0.05, 0.1) is 15.7 Å². The highest BCUT2D eigenvalue weighted by Crippen LogP contribution is 2.40. The van der Waals surface area contributed by atoms with Crippen LogP contribution in [0.4, 0.5) is 10.1 Å². The van der Waals surface area contributed by atoms with Crippen molar-refractivity contribution < 1.29 is 9.50 Å². The second-order valence-corrected chi connectivity index (χ2v) is 9.12. The fourth-order valence-corrected chi connectivity index (χ4v) is 5.02. The van der Waals surface area contributed by atoms with Gasteiger partial charge in [-0.1, -0.05) is 41.4 Å². The first-order valence-electron chi connectivity index (χ1n) is 9.59. The van der Waals surface area contributed by atoms with Gasteiger partial charge in [-0.05, 0) is 48.2 Å². The largest absolute Gasteiger partial charge is 0.384 e. The van der Waals surface area contributed by atoms with Gasteiger partial charge in [0.25, 0.3) is 0 Å². The Hall–Kier alpha value is -1.33. The number of halogens is 3. The van der Waals surface area contributed by atoms with Crippen LogP contribution in [0.25, 0.3) is 0 Å². The summed E-state index contributed by atoms with van der Waals surface area (Å²) in [5, 5.41) is 11.3. The van der Waals surface area contributed by atoms with Crippen LogP contribution in [0.15, 0.2) is 30.3 Å². The number of β-amino-alcohol motifs (C(OH)–C–C–N with tert-alkyl or cyclic N) is 1. The second kappa shape index (κ2) is 7.49. The van der Waals surface area contributed by atoms with Crippen molar-refractivity contribution in [2.24, 2.45) is 0 Å². The van der Waals surface area contributed by atoms with Gasteiger partial charge in [-0.25, -0.2) is 4.39 Å². The van der Waals surface area contributed by atoms with E-state index in [9.17, 15) is 9.50 Å². The zero-order valence-corrected chi connectivity index (χ0v) is 17.7. The maximum atomic E-state index is 12.8. The van der Waals surface area contributed by atoms with Crippen molar-refractivity contribution in [1.29, 1.82) is 0 Å². The molecule has 1 N–H and O–H groups in total. The first kappa shape index (κ1) is 20.0. The van der Waals surface area contributed by atoms with Gasteiger partial charge in [0, 0.05) is 38.6 Å². The SMILES string of the molecule is Cc1cc(C2CN(c3c(Cl)cccc3Cl)C2)cc(C)c1CN1CC(O)(CF)C1. The number of aliphatic hydroxyl groups is 1. The maximum Gasteiger partial charge on any atom is 0.121 e. The molecule has 2 aliphatic heterocycles. The number of hydrogen-bond acceptors (Lipinski definition) is 3. The molecule has 2 aliphatic rings. The Morgan fingerprint density at radius 1 is 1.11 bits per heavy atom. The Bertz CT molecular complexity index is 849.